The Labute approximate surface area is 115 Å². The topological polar surface area (TPSA) is 70.9 Å². The van der Waals surface area contributed by atoms with Crippen LogP contribution >= 0.6 is 11.8 Å². The highest BCUT2D eigenvalue weighted by Gasteiger charge is 2.12. The molecule has 6 heteroatoms. The molecule has 0 fully saturated rings. The average molecular weight is 279 g/mol. The van der Waals surface area contributed by atoms with Crippen molar-refractivity contribution in [1.29, 1.82) is 0 Å². The number of hydrogen-bond acceptors (Lipinski definition) is 4. The first-order chi connectivity index (χ1) is 8.99. The Kier molecular flexibility index (Phi) is 4.11. The van der Waals surface area contributed by atoms with Crippen molar-refractivity contribution in [2.75, 3.05) is 0 Å². The fourth-order valence-corrected chi connectivity index (χ4v) is 2.70. The summed E-state index contributed by atoms with van der Waals surface area (Å²) in [5.74, 6) is 0. The van der Waals surface area contributed by atoms with Gasteiger partial charge in [0.1, 0.15) is 0 Å². The minimum absolute atomic E-state index is 0.0606. The summed E-state index contributed by atoms with van der Waals surface area (Å²) in [7, 11) is 0. The van der Waals surface area contributed by atoms with Crippen LogP contribution in [-0.2, 0) is 0 Å². The number of nitrogens with zero attached hydrogens (tertiary/aromatic N) is 2. The molecular weight excluding hydrogens is 262 g/mol. The number of rotatable bonds is 4. The average Bonchev–Trinajstić information content (AvgIpc) is 2.71. The first-order valence-corrected chi connectivity index (χ1v) is 6.93. The van der Waals surface area contributed by atoms with Crippen molar-refractivity contribution in [2.24, 2.45) is 0 Å². The minimum atomic E-state index is -0.474. The summed E-state index contributed by atoms with van der Waals surface area (Å²) in [6.45, 7) is 5.61. The Bertz CT molecular complexity index is 599. The van der Waals surface area contributed by atoms with E-state index in [1.165, 1.54) is 11.8 Å². The molecule has 0 aliphatic carbocycles. The number of aliphatic hydroxyl groups is 1. The predicted molar refractivity (Wildman–Crippen MR) is 74.4 cm³/mol. The zero-order valence-corrected chi connectivity index (χ0v) is 11.9. The molecule has 1 atom stereocenters. The molecule has 0 bridgehead atoms. The van der Waals surface area contributed by atoms with Gasteiger partial charge in [0.2, 0.25) is 0 Å². The van der Waals surface area contributed by atoms with Gasteiger partial charge < -0.3 is 5.11 Å². The number of nitrogens with one attached hydrogen (secondary N) is 1. The fraction of sp³-hybridized carbons (Fsp3) is 0.385. The highest BCUT2D eigenvalue weighted by atomic mass is 32.2. The smallest absolute Gasteiger partial charge is 0.344 e. The van der Waals surface area contributed by atoms with Gasteiger partial charge in [-0.05, 0) is 50.2 Å². The molecule has 19 heavy (non-hydrogen) atoms. The molecule has 102 valence electrons. The van der Waals surface area contributed by atoms with Crippen molar-refractivity contribution in [3.63, 3.8) is 0 Å². The molecule has 1 heterocycles. The van der Waals surface area contributed by atoms with E-state index in [9.17, 15) is 9.90 Å². The van der Waals surface area contributed by atoms with Crippen molar-refractivity contribution in [3.8, 4) is 0 Å². The number of hydrogen-bond donors (Lipinski definition) is 2. The Balaban J connectivity index is 2.24. The van der Waals surface area contributed by atoms with E-state index in [0.29, 0.717) is 5.16 Å². The molecule has 2 aromatic rings. The molecule has 2 N–H and O–H groups in total. The van der Waals surface area contributed by atoms with Crippen LogP contribution in [0.15, 0.2) is 39.1 Å². The van der Waals surface area contributed by atoms with Gasteiger partial charge in [0, 0.05) is 10.9 Å². The van der Waals surface area contributed by atoms with Crippen molar-refractivity contribution in [2.45, 2.75) is 43.0 Å². The SMILES string of the molecule is CC(O)c1ccc(Sc2n[nH]c(=O)n2C(C)C)cc1. The molecule has 5 nitrogen and oxygen atoms in total. The Hall–Kier alpha value is -1.53. The number of benzene rings is 1. The van der Waals surface area contributed by atoms with Gasteiger partial charge in [-0.3, -0.25) is 4.57 Å². The summed E-state index contributed by atoms with van der Waals surface area (Å²) in [5, 5.41) is 16.6. The van der Waals surface area contributed by atoms with E-state index < -0.39 is 6.10 Å². The maximum Gasteiger partial charge on any atom is 0.344 e. The molecular formula is C13H17N3O2S. The number of aliphatic hydroxyl groups excluding tert-OH is 1. The summed E-state index contributed by atoms with van der Waals surface area (Å²) in [4.78, 5) is 12.6. The maximum atomic E-state index is 11.6. The van der Waals surface area contributed by atoms with Crippen LogP contribution in [0.4, 0.5) is 0 Å². The largest absolute Gasteiger partial charge is 0.389 e. The summed E-state index contributed by atoms with van der Waals surface area (Å²) >= 11 is 1.42. The molecule has 0 saturated carbocycles. The highest BCUT2D eigenvalue weighted by molar-refractivity contribution is 7.99. The third-order valence-electron chi connectivity index (χ3n) is 2.76. The summed E-state index contributed by atoms with van der Waals surface area (Å²) in [5.41, 5.74) is 0.672. The van der Waals surface area contributed by atoms with E-state index in [1.807, 2.05) is 38.1 Å². The second kappa shape index (κ2) is 5.63. The van der Waals surface area contributed by atoms with E-state index in [0.717, 1.165) is 10.5 Å². The van der Waals surface area contributed by atoms with Crippen molar-refractivity contribution >= 4 is 11.8 Å². The third-order valence-corrected chi connectivity index (χ3v) is 3.74. The molecule has 0 saturated heterocycles. The van der Waals surface area contributed by atoms with Gasteiger partial charge in [-0.2, -0.15) is 0 Å². The van der Waals surface area contributed by atoms with Gasteiger partial charge in [-0.25, -0.2) is 9.89 Å². The lowest BCUT2D eigenvalue weighted by Crippen LogP contribution is -2.19. The first-order valence-electron chi connectivity index (χ1n) is 6.12. The molecule has 0 aliphatic heterocycles. The van der Waals surface area contributed by atoms with Gasteiger partial charge in [0.25, 0.3) is 0 Å². The van der Waals surface area contributed by atoms with E-state index in [4.69, 9.17) is 0 Å². The van der Waals surface area contributed by atoms with Crippen molar-refractivity contribution < 1.29 is 5.11 Å². The molecule has 0 radical (unpaired) electrons. The van der Waals surface area contributed by atoms with Crippen LogP contribution in [0.3, 0.4) is 0 Å². The molecule has 1 aromatic heterocycles. The van der Waals surface area contributed by atoms with Gasteiger partial charge in [-0.1, -0.05) is 12.1 Å². The van der Waals surface area contributed by atoms with E-state index in [-0.39, 0.29) is 11.7 Å². The summed E-state index contributed by atoms with van der Waals surface area (Å²) in [6.07, 6.45) is -0.474. The van der Waals surface area contributed by atoms with E-state index in [2.05, 4.69) is 10.2 Å². The lowest BCUT2D eigenvalue weighted by atomic mass is 10.1. The summed E-state index contributed by atoms with van der Waals surface area (Å²) in [6, 6.07) is 7.63. The van der Waals surface area contributed by atoms with Gasteiger partial charge >= 0.3 is 5.69 Å². The van der Waals surface area contributed by atoms with Crippen LogP contribution in [0.1, 0.15) is 38.5 Å². The van der Waals surface area contributed by atoms with Gasteiger partial charge in [0.15, 0.2) is 5.16 Å². The lowest BCUT2D eigenvalue weighted by molar-refractivity contribution is 0.199. The van der Waals surface area contributed by atoms with E-state index in [1.54, 1.807) is 11.5 Å². The number of aromatic amines is 1. The normalized spacial score (nSPS) is 12.9. The zero-order chi connectivity index (χ0) is 14.0. The summed E-state index contributed by atoms with van der Waals surface area (Å²) < 4.78 is 1.62. The standard InChI is InChI=1S/C13H17N3O2S/c1-8(2)16-12(18)14-15-13(16)19-11-6-4-10(5-7-11)9(3)17/h4-9,17H,1-3H3,(H,14,18). The van der Waals surface area contributed by atoms with Crippen LogP contribution in [0.5, 0.6) is 0 Å². The van der Waals surface area contributed by atoms with Crippen LogP contribution in [0.2, 0.25) is 0 Å². The highest BCUT2D eigenvalue weighted by Crippen LogP contribution is 2.27. The number of H-pyrrole nitrogens is 1. The Morgan fingerprint density at radius 1 is 1.26 bits per heavy atom. The zero-order valence-electron chi connectivity index (χ0n) is 11.1. The molecule has 2 rings (SSSR count). The van der Waals surface area contributed by atoms with Crippen LogP contribution in [-0.4, -0.2) is 19.9 Å². The van der Waals surface area contributed by atoms with Crippen molar-refractivity contribution in [3.05, 3.63) is 40.3 Å². The first kappa shape index (κ1) is 13.9. The van der Waals surface area contributed by atoms with E-state index >= 15 is 0 Å². The second-order valence-corrected chi connectivity index (χ2v) is 5.66. The molecule has 0 aliphatic rings. The number of aromatic nitrogens is 3. The monoisotopic (exact) mass is 279 g/mol. The molecule has 0 amide bonds. The maximum absolute atomic E-state index is 11.6. The van der Waals surface area contributed by atoms with Gasteiger partial charge in [-0.15, -0.1) is 5.10 Å². The minimum Gasteiger partial charge on any atom is -0.389 e. The molecule has 1 unspecified atom stereocenters. The lowest BCUT2D eigenvalue weighted by Gasteiger charge is -2.09. The molecule has 1 aromatic carbocycles. The van der Waals surface area contributed by atoms with Crippen LogP contribution in [0, 0.1) is 0 Å². The third kappa shape index (κ3) is 3.08. The van der Waals surface area contributed by atoms with Crippen molar-refractivity contribution in [1.82, 2.24) is 14.8 Å². The molecule has 0 spiro atoms. The predicted octanol–water partition coefficient (Wildman–Crippen LogP) is 2.36. The van der Waals surface area contributed by atoms with Crippen LogP contribution in [0.25, 0.3) is 0 Å². The van der Waals surface area contributed by atoms with Crippen LogP contribution < -0.4 is 5.69 Å². The Morgan fingerprint density at radius 3 is 2.42 bits per heavy atom. The fourth-order valence-electron chi connectivity index (χ4n) is 1.74. The second-order valence-electron chi connectivity index (χ2n) is 4.62. The quantitative estimate of drug-likeness (QED) is 0.901. The Morgan fingerprint density at radius 2 is 1.89 bits per heavy atom. The van der Waals surface area contributed by atoms with Gasteiger partial charge in [0.05, 0.1) is 6.10 Å².